The van der Waals surface area contributed by atoms with Crippen LogP contribution in [0.3, 0.4) is 0 Å². The molecule has 8 heteroatoms. The highest BCUT2D eigenvalue weighted by Crippen LogP contribution is 2.45. The number of para-hydroxylation sites is 3. The van der Waals surface area contributed by atoms with E-state index in [4.69, 9.17) is 4.74 Å². The number of nitrogens with zero attached hydrogens (tertiary/aromatic N) is 3. The van der Waals surface area contributed by atoms with Crippen LogP contribution in [-0.2, 0) is 14.9 Å². The van der Waals surface area contributed by atoms with Crippen molar-refractivity contribution in [1.29, 1.82) is 0 Å². The van der Waals surface area contributed by atoms with Crippen LogP contribution in [0.25, 0.3) is 0 Å². The molecule has 0 aromatic heterocycles. The minimum Gasteiger partial charge on any atom is -0.444 e. The van der Waals surface area contributed by atoms with Crippen molar-refractivity contribution in [2.75, 3.05) is 28.2 Å². The number of rotatable bonds is 5. The number of carbonyl (C=O) groups is 1. The van der Waals surface area contributed by atoms with Gasteiger partial charge in [0.1, 0.15) is 5.60 Å². The second kappa shape index (κ2) is 9.25. The average molecular weight is 472 g/mol. The Bertz CT molecular complexity index is 1070. The summed E-state index contributed by atoms with van der Waals surface area (Å²) in [6.07, 6.45) is 3.29. The molecular weight excluding hydrogens is 438 g/mol. The van der Waals surface area contributed by atoms with Gasteiger partial charge in [0.25, 0.3) is 0 Å². The third-order valence-corrected chi connectivity index (χ3v) is 7.91. The minimum atomic E-state index is -3.68. The number of carbonyl (C=O) groups excluding carboxylic acids is 1. The number of amides is 1. The maximum Gasteiger partial charge on any atom is 0.410 e. The molecule has 0 aliphatic carbocycles. The van der Waals surface area contributed by atoms with Gasteiger partial charge in [0.15, 0.2) is 0 Å². The molecule has 178 valence electrons. The van der Waals surface area contributed by atoms with E-state index >= 15 is 0 Å². The van der Waals surface area contributed by atoms with Crippen LogP contribution in [0.15, 0.2) is 54.6 Å². The molecule has 1 fully saturated rings. The number of ether oxygens (including phenoxy) is 1. The van der Waals surface area contributed by atoms with E-state index in [9.17, 15) is 13.2 Å². The van der Waals surface area contributed by atoms with Crippen molar-refractivity contribution in [1.82, 2.24) is 4.90 Å². The normalized spacial score (nSPS) is 18.3. The van der Waals surface area contributed by atoms with Gasteiger partial charge in [0.2, 0.25) is 0 Å². The first kappa shape index (κ1) is 23.4. The average Bonchev–Trinajstić information content (AvgIpc) is 3.00. The van der Waals surface area contributed by atoms with Crippen LogP contribution in [-0.4, -0.2) is 44.6 Å². The summed E-state index contributed by atoms with van der Waals surface area (Å²) >= 11 is 0. The molecule has 0 atom stereocenters. The largest absolute Gasteiger partial charge is 0.444 e. The van der Waals surface area contributed by atoms with Gasteiger partial charge in [0.05, 0.1) is 17.1 Å². The zero-order valence-electron chi connectivity index (χ0n) is 19.6. The monoisotopic (exact) mass is 471 g/mol. The van der Waals surface area contributed by atoms with Gasteiger partial charge < -0.3 is 9.64 Å². The van der Waals surface area contributed by atoms with E-state index in [-0.39, 0.29) is 6.09 Å². The van der Waals surface area contributed by atoms with Gasteiger partial charge in [0, 0.05) is 19.6 Å². The second-order valence-corrected chi connectivity index (χ2v) is 11.4. The van der Waals surface area contributed by atoms with Crippen LogP contribution in [0.4, 0.5) is 21.9 Å². The Balaban J connectivity index is 1.36. The number of fused-ring (bicyclic) bond motifs is 1. The Morgan fingerprint density at radius 2 is 1.58 bits per heavy atom. The summed E-state index contributed by atoms with van der Waals surface area (Å²) in [5.41, 5.74) is 1.57. The van der Waals surface area contributed by atoms with Gasteiger partial charge >= 0.3 is 16.3 Å². The molecule has 2 aromatic rings. The lowest BCUT2D eigenvalue weighted by Gasteiger charge is -2.33. The summed E-state index contributed by atoms with van der Waals surface area (Å²) in [5, 5.41) is 0. The molecule has 0 unspecified atom stereocenters. The summed E-state index contributed by atoms with van der Waals surface area (Å²) in [6, 6.07) is 16.7. The Morgan fingerprint density at radius 3 is 2.21 bits per heavy atom. The third-order valence-electron chi connectivity index (χ3n) is 6.11. The summed E-state index contributed by atoms with van der Waals surface area (Å²) in [6.45, 7) is 7.44. The van der Waals surface area contributed by atoms with E-state index in [1.54, 1.807) is 4.90 Å². The van der Waals surface area contributed by atoms with E-state index in [2.05, 4.69) is 0 Å². The molecule has 7 nitrogen and oxygen atoms in total. The van der Waals surface area contributed by atoms with E-state index in [1.165, 1.54) is 8.61 Å². The summed E-state index contributed by atoms with van der Waals surface area (Å²) in [5.74, 6) is 0.481. The van der Waals surface area contributed by atoms with Gasteiger partial charge in [-0.25, -0.2) is 9.10 Å². The maximum atomic E-state index is 13.5. The molecule has 0 radical (unpaired) electrons. The fraction of sp³-hybridized carbons (Fsp3) is 0.480. The lowest BCUT2D eigenvalue weighted by molar-refractivity contribution is 0.0181. The number of benzene rings is 2. The van der Waals surface area contributed by atoms with Crippen LogP contribution < -0.4 is 8.61 Å². The number of hydrogen-bond donors (Lipinski definition) is 0. The Kier molecular flexibility index (Phi) is 6.56. The molecule has 1 amide bonds. The van der Waals surface area contributed by atoms with Gasteiger partial charge in [-0.2, -0.15) is 8.42 Å². The SMILES string of the molecule is CC(C)(C)OC(=O)N1CCC(CCCN2c3ccccc3N(c3ccccc3)S2(=O)=O)CC1. The predicted molar refractivity (Wildman–Crippen MR) is 131 cm³/mol. The zero-order chi connectivity index (χ0) is 23.6. The van der Waals surface area contributed by atoms with Crippen LogP contribution in [0, 0.1) is 5.92 Å². The highest BCUT2D eigenvalue weighted by Gasteiger charge is 2.40. The van der Waals surface area contributed by atoms with Crippen LogP contribution >= 0.6 is 0 Å². The Morgan fingerprint density at radius 1 is 0.970 bits per heavy atom. The molecule has 0 bridgehead atoms. The highest BCUT2D eigenvalue weighted by molar-refractivity contribution is 7.95. The number of anilines is 3. The second-order valence-electron chi connectivity index (χ2n) is 9.72. The van der Waals surface area contributed by atoms with Gasteiger partial charge in [-0.05, 0) is 76.6 Å². The van der Waals surface area contributed by atoms with Crippen LogP contribution in [0.2, 0.25) is 0 Å². The number of hydrogen-bond acceptors (Lipinski definition) is 4. The quantitative estimate of drug-likeness (QED) is 0.592. The molecule has 0 spiro atoms. The first-order chi connectivity index (χ1) is 15.7. The first-order valence-corrected chi connectivity index (χ1v) is 13.0. The molecule has 4 rings (SSSR count). The van der Waals surface area contributed by atoms with Crippen LogP contribution in [0.1, 0.15) is 46.5 Å². The zero-order valence-corrected chi connectivity index (χ0v) is 20.4. The van der Waals surface area contributed by atoms with E-state index < -0.39 is 15.8 Å². The fourth-order valence-electron chi connectivity index (χ4n) is 4.52. The maximum absolute atomic E-state index is 13.5. The minimum absolute atomic E-state index is 0.248. The smallest absolute Gasteiger partial charge is 0.410 e. The first-order valence-electron chi connectivity index (χ1n) is 11.6. The lowest BCUT2D eigenvalue weighted by Crippen LogP contribution is -2.41. The third kappa shape index (κ3) is 5.11. The van der Waals surface area contributed by atoms with Crippen LogP contribution in [0.5, 0.6) is 0 Å². The standard InChI is InChI=1S/C25H33N3O4S/c1-25(2,3)32-24(29)26-18-15-20(16-19-26)10-9-17-27-22-13-7-8-14-23(22)28(33(27,30)31)21-11-5-4-6-12-21/h4-8,11-14,20H,9-10,15-19H2,1-3H3. The molecule has 33 heavy (non-hydrogen) atoms. The van der Waals surface area contributed by atoms with Crippen molar-refractivity contribution < 1.29 is 17.9 Å². The molecule has 0 N–H and O–H groups in total. The topological polar surface area (TPSA) is 70.2 Å². The fourth-order valence-corrected chi connectivity index (χ4v) is 6.27. The van der Waals surface area contributed by atoms with Crippen molar-refractivity contribution >= 4 is 33.4 Å². The van der Waals surface area contributed by atoms with E-state index in [0.717, 1.165) is 31.4 Å². The van der Waals surface area contributed by atoms with Crippen molar-refractivity contribution in [2.45, 2.75) is 52.1 Å². The predicted octanol–water partition coefficient (Wildman–Crippen LogP) is 5.32. The summed E-state index contributed by atoms with van der Waals surface area (Å²) in [7, 11) is -3.68. The molecule has 0 saturated carbocycles. The summed E-state index contributed by atoms with van der Waals surface area (Å²) < 4.78 is 35.4. The Hall–Kier alpha value is -2.74. The molecular formula is C25H33N3O4S. The lowest BCUT2D eigenvalue weighted by atomic mass is 9.92. The van der Waals surface area contributed by atoms with Gasteiger partial charge in [-0.1, -0.05) is 30.3 Å². The molecule has 1 saturated heterocycles. The van der Waals surface area contributed by atoms with Crippen molar-refractivity contribution in [3.8, 4) is 0 Å². The number of likely N-dealkylation sites (tertiary alicyclic amines) is 1. The molecule has 2 aliphatic rings. The highest BCUT2D eigenvalue weighted by atomic mass is 32.2. The molecule has 2 aromatic carbocycles. The summed E-state index contributed by atoms with van der Waals surface area (Å²) in [4.78, 5) is 14.0. The van der Waals surface area contributed by atoms with Gasteiger partial charge in [-0.3, -0.25) is 4.31 Å². The van der Waals surface area contributed by atoms with E-state index in [1.807, 2.05) is 75.4 Å². The van der Waals surface area contributed by atoms with Crippen molar-refractivity contribution in [3.63, 3.8) is 0 Å². The Labute approximate surface area is 197 Å². The van der Waals surface area contributed by atoms with Crippen molar-refractivity contribution in [3.05, 3.63) is 54.6 Å². The van der Waals surface area contributed by atoms with Gasteiger partial charge in [-0.15, -0.1) is 0 Å². The molecule has 2 heterocycles. The van der Waals surface area contributed by atoms with Crippen molar-refractivity contribution in [2.24, 2.45) is 5.92 Å². The number of piperidine rings is 1. The molecule has 2 aliphatic heterocycles. The van der Waals surface area contributed by atoms with E-state index in [0.29, 0.717) is 36.9 Å².